The Labute approximate surface area is 307 Å². The first-order chi connectivity index (χ1) is 25.2. The zero-order valence-electron chi connectivity index (χ0n) is 27.6. The Morgan fingerprint density at radius 3 is 2.21 bits per heavy atom. The highest BCUT2D eigenvalue weighted by Crippen LogP contribution is 2.43. The Balaban J connectivity index is 1.56. The molecule has 0 bridgehead atoms. The molecule has 2 atom stereocenters. The van der Waals surface area contributed by atoms with Gasteiger partial charge in [-0.2, -0.15) is 26.3 Å². The van der Waals surface area contributed by atoms with Crippen LogP contribution in [0.15, 0.2) is 106 Å². The van der Waals surface area contributed by atoms with Crippen molar-refractivity contribution in [3.63, 3.8) is 0 Å². The molecule has 0 radical (unpaired) electrons. The van der Waals surface area contributed by atoms with Crippen LogP contribution in [0.3, 0.4) is 0 Å². The average Bonchev–Trinajstić information content (AvgIpc) is 3.51. The largest absolute Gasteiger partial charge is 0.494 e. The maximum atomic E-state index is 14.5. The van der Waals surface area contributed by atoms with Crippen molar-refractivity contribution in [3.8, 4) is 5.75 Å². The number of nitrogens with zero attached hydrogens (tertiary/aromatic N) is 4. The van der Waals surface area contributed by atoms with Gasteiger partial charge in [-0.25, -0.2) is 10.4 Å². The van der Waals surface area contributed by atoms with Crippen LogP contribution in [0.5, 0.6) is 5.75 Å². The number of azide groups is 1. The van der Waals surface area contributed by atoms with Crippen LogP contribution in [0.1, 0.15) is 51.5 Å². The number of hydrazine groups is 1. The molecular formula is C36H31BrF6N6O4. The lowest BCUT2D eigenvalue weighted by atomic mass is 9.81. The standard InChI is InChI=1S/C36H31BrF6N6O4/c37-29-10-6-23(7-11-29)31-34(19-25-4-1-2-5-26(25)21-46-49-44,47-32(53-31)24-8-12-30(13-9-24)52-15-3-14-50)33(51)48-45-20-22-16-27(35(38,39)40)18-28(17-22)36(41,42)43/h1-2,4-13,16-18,31,45,50H,3,14-15,19-21H2,(H,48,51)/t31-,34-/m0/s1. The van der Waals surface area contributed by atoms with E-state index in [2.05, 4.69) is 36.8 Å². The minimum atomic E-state index is -5.06. The van der Waals surface area contributed by atoms with Crippen LogP contribution in [-0.4, -0.2) is 35.7 Å². The molecule has 1 aliphatic heterocycles. The fraction of sp³-hybridized carbons (Fsp3) is 0.278. The maximum Gasteiger partial charge on any atom is 0.416 e. The first-order valence-corrected chi connectivity index (χ1v) is 16.8. The molecule has 1 aliphatic rings. The molecule has 3 N–H and O–H groups in total. The number of aliphatic imine (C=N–C) groups is 1. The lowest BCUT2D eigenvalue weighted by Crippen LogP contribution is -2.53. The summed E-state index contributed by atoms with van der Waals surface area (Å²) in [5.74, 6) is -0.241. The van der Waals surface area contributed by atoms with Crippen LogP contribution >= 0.6 is 15.9 Å². The first-order valence-electron chi connectivity index (χ1n) is 16.0. The molecule has 53 heavy (non-hydrogen) atoms. The molecule has 1 heterocycles. The van der Waals surface area contributed by atoms with E-state index in [1.807, 2.05) is 0 Å². The topological polar surface area (TPSA) is 141 Å². The number of benzene rings is 4. The number of rotatable bonds is 14. The number of aliphatic hydroxyl groups is 1. The van der Waals surface area contributed by atoms with Gasteiger partial charge < -0.3 is 14.6 Å². The van der Waals surface area contributed by atoms with Crippen molar-refractivity contribution in [2.75, 3.05) is 13.2 Å². The second-order valence-corrected chi connectivity index (χ2v) is 12.8. The van der Waals surface area contributed by atoms with Gasteiger partial charge in [0.25, 0.3) is 5.91 Å². The summed E-state index contributed by atoms with van der Waals surface area (Å²) >= 11 is 3.40. The fourth-order valence-electron chi connectivity index (χ4n) is 5.66. The van der Waals surface area contributed by atoms with Crippen molar-refractivity contribution >= 4 is 27.7 Å². The van der Waals surface area contributed by atoms with E-state index in [0.29, 0.717) is 46.6 Å². The molecule has 0 fully saturated rings. The zero-order valence-corrected chi connectivity index (χ0v) is 29.2. The van der Waals surface area contributed by atoms with Crippen molar-refractivity contribution in [3.05, 3.63) is 145 Å². The third kappa shape index (κ3) is 9.67. The molecule has 0 spiro atoms. The lowest BCUT2D eigenvalue weighted by molar-refractivity contribution is -0.143. The fourth-order valence-corrected chi connectivity index (χ4v) is 5.92. The molecule has 17 heteroatoms. The summed E-state index contributed by atoms with van der Waals surface area (Å²) in [5, 5.41) is 12.7. The van der Waals surface area contributed by atoms with Gasteiger partial charge in [-0.15, -0.1) is 0 Å². The average molecular weight is 806 g/mol. The number of nitrogens with one attached hydrogen (secondary N) is 2. The van der Waals surface area contributed by atoms with Gasteiger partial charge in [0.2, 0.25) is 5.90 Å². The monoisotopic (exact) mass is 804 g/mol. The molecule has 0 saturated heterocycles. The molecule has 0 aliphatic carbocycles. The number of carbonyl (C=O) groups is 1. The van der Waals surface area contributed by atoms with Gasteiger partial charge >= 0.3 is 12.4 Å². The van der Waals surface area contributed by atoms with Gasteiger partial charge in [-0.3, -0.25) is 10.2 Å². The Morgan fingerprint density at radius 2 is 1.60 bits per heavy atom. The van der Waals surface area contributed by atoms with Crippen LogP contribution in [-0.2, 0) is 41.4 Å². The highest BCUT2D eigenvalue weighted by molar-refractivity contribution is 9.10. The van der Waals surface area contributed by atoms with Gasteiger partial charge in [-0.1, -0.05) is 57.4 Å². The minimum Gasteiger partial charge on any atom is -0.494 e. The lowest BCUT2D eigenvalue weighted by Gasteiger charge is -2.31. The number of ether oxygens (including phenoxy) is 2. The predicted octanol–water partition coefficient (Wildman–Crippen LogP) is 8.38. The highest BCUT2D eigenvalue weighted by atomic mass is 79.9. The van der Waals surface area contributed by atoms with Gasteiger partial charge in [0.1, 0.15) is 5.75 Å². The number of aliphatic hydroxyl groups excluding tert-OH is 1. The molecule has 0 saturated carbocycles. The molecule has 5 rings (SSSR count). The van der Waals surface area contributed by atoms with Crippen LogP contribution in [0.2, 0.25) is 0 Å². The van der Waals surface area contributed by atoms with Crippen LogP contribution in [0.25, 0.3) is 10.4 Å². The number of hydrogen-bond acceptors (Lipinski definition) is 7. The Morgan fingerprint density at radius 1 is 0.962 bits per heavy atom. The van der Waals surface area contributed by atoms with Crippen molar-refractivity contribution < 1.29 is 45.7 Å². The van der Waals surface area contributed by atoms with E-state index >= 15 is 0 Å². The first kappa shape index (κ1) is 39.1. The highest BCUT2D eigenvalue weighted by Gasteiger charge is 2.53. The Bertz CT molecular complexity index is 1950. The Kier molecular flexibility index (Phi) is 12.3. The van der Waals surface area contributed by atoms with Crippen molar-refractivity contribution in [1.82, 2.24) is 10.9 Å². The van der Waals surface area contributed by atoms with E-state index < -0.39 is 47.6 Å². The van der Waals surface area contributed by atoms with Gasteiger partial charge in [0.05, 0.1) is 24.3 Å². The summed E-state index contributed by atoms with van der Waals surface area (Å²) in [6.07, 6.45) is -10.9. The number of carbonyl (C=O) groups excluding carboxylic acids is 1. The van der Waals surface area contributed by atoms with Gasteiger partial charge in [0.15, 0.2) is 11.6 Å². The molecule has 0 unspecified atom stereocenters. The van der Waals surface area contributed by atoms with Crippen molar-refractivity contribution in [2.24, 2.45) is 10.1 Å². The summed E-state index contributed by atoms with van der Waals surface area (Å²) in [4.78, 5) is 22.2. The number of halogens is 7. The number of amides is 1. The second kappa shape index (κ2) is 16.7. The number of alkyl halides is 6. The SMILES string of the molecule is [N-]=[N+]=NCc1ccccc1C[C@]1(C(=O)NNCc2cc(C(F)(F)F)cc(C(F)(F)F)c2)N=C(c2ccc(OCCCO)cc2)O[C@H]1c1ccc(Br)cc1. The molecule has 1 amide bonds. The third-order valence-electron chi connectivity index (χ3n) is 8.23. The molecule has 10 nitrogen and oxygen atoms in total. The molecule has 4 aromatic rings. The van der Waals surface area contributed by atoms with Crippen molar-refractivity contribution in [1.29, 1.82) is 0 Å². The summed E-state index contributed by atoms with van der Waals surface area (Å²) in [6, 6.07) is 21.6. The van der Waals surface area contributed by atoms with Crippen molar-refractivity contribution in [2.45, 2.75) is 49.9 Å². The predicted molar refractivity (Wildman–Crippen MR) is 185 cm³/mol. The van der Waals surface area contributed by atoms with Gasteiger partial charge in [0, 0.05) is 40.9 Å². The van der Waals surface area contributed by atoms with E-state index in [4.69, 9.17) is 25.1 Å². The van der Waals surface area contributed by atoms with E-state index in [1.54, 1.807) is 72.8 Å². The summed E-state index contributed by atoms with van der Waals surface area (Å²) < 4.78 is 94.0. The van der Waals surface area contributed by atoms with Crippen LogP contribution in [0, 0.1) is 0 Å². The summed E-state index contributed by atoms with van der Waals surface area (Å²) in [5.41, 5.74) is 10.9. The normalized spacial score (nSPS) is 17.1. The third-order valence-corrected chi connectivity index (χ3v) is 8.76. The molecule has 0 aromatic heterocycles. The van der Waals surface area contributed by atoms with Crippen LogP contribution in [0.4, 0.5) is 26.3 Å². The van der Waals surface area contributed by atoms with Crippen LogP contribution < -0.4 is 15.6 Å². The quantitative estimate of drug-likeness (QED) is 0.0293. The zero-order chi connectivity index (χ0) is 38.2. The van der Waals surface area contributed by atoms with E-state index in [9.17, 15) is 31.1 Å². The number of hydrogen-bond donors (Lipinski definition) is 3. The van der Waals surface area contributed by atoms with E-state index in [1.165, 1.54) is 0 Å². The maximum absolute atomic E-state index is 14.5. The smallest absolute Gasteiger partial charge is 0.416 e. The summed E-state index contributed by atoms with van der Waals surface area (Å²) in [6.45, 7) is -0.430. The van der Waals surface area contributed by atoms with Gasteiger partial charge in [-0.05, 0) is 82.4 Å². The van der Waals surface area contributed by atoms with E-state index in [0.717, 1.165) is 4.47 Å². The molecule has 278 valence electrons. The summed E-state index contributed by atoms with van der Waals surface area (Å²) in [7, 11) is 0. The Hall–Kier alpha value is -5.09. The molecule has 4 aromatic carbocycles. The minimum absolute atomic E-state index is 0.0214. The van der Waals surface area contributed by atoms with E-state index in [-0.39, 0.29) is 43.7 Å². The molecular weight excluding hydrogens is 774 g/mol. The second-order valence-electron chi connectivity index (χ2n) is 11.9.